The Balaban J connectivity index is 2.10. The minimum absolute atomic E-state index is 0.285. The summed E-state index contributed by atoms with van der Waals surface area (Å²) in [5.74, 6) is 0.703. The molecule has 1 aliphatic rings. The Kier molecular flexibility index (Phi) is 3.56. The van der Waals surface area contributed by atoms with E-state index in [9.17, 15) is 4.79 Å². The van der Waals surface area contributed by atoms with Crippen LogP contribution in [0.4, 0.5) is 0 Å². The van der Waals surface area contributed by atoms with E-state index in [0.29, 0.717) is 30.6 Å². The molecule has 1 aromatic heterocycles. The largest absolute Gasteiger partial charge is 0.477 e. The molecular weight excluding hydrogens is 220 g/mol. The van der Waals surface area contributed by atoms with Crippen molar-refractivity contribution in [3.8, 4) is 5.88 Å². The fourth-order valence-electron chi connectivity index (χ4n) is 1.47. The minimum atomic E-state index is -0.427. The van der Waals surface area contributed by atoms with Crippen LogP contribution >= 0.6 is 0 Å². The number of esters is 1. The van der Waals surface area contributed by atoms with E-state index in [2.05, 4.69) is 9.97 Å². The number of aromatic nitrogens is 2. The normalized spacial score (nSPS) is 14.5. The summed E-state index contributed by atoms with van der Waals surface area (Å²) in [6.07, 6.45) is 3.77. The van der Waals surface area contributed by atoms with Gasteiger partial charge in [0.25, 0.3) is 0 Å². The molecule has 2 rings (SSSR count). The van der Waals surface area contributed by atoms with Gasteiger partial charge in [0.05, 0.1) is 13.2 Å². The highest BCUT2D eigenvalue weighted by molar-refractivity contribution is 5.89. The van der Waals surface area contributed by atoms with Gasteiger partial charge in [0, 0.05) is 5.56 Å². The molecule has 5 heteroatoms. The van der Waals surface area contributed by atoms with Crippen molar-refractivity contribution in [1.29, 1.82) is 0 Å². The molecule has 0 spiro atoms. The molecule has 0 bridgehead atoms. The highest BCUT2D eigenvalue weighted by Gasteiger charge is 2.23. The van der Waals surface area contributed by atoms with E-state index in [1.165, 1.54) is 19.2 Å². The molecule has 0 aliphatic heterocycles. The minimum Gasteiger partial charge on any atom is -0.477 e. The standard InChI is InChI=1S/C12H16N2O3/c1-3-16-12(15)10-8(2)11(14-7-13-10)17-6-9-4-5-9/h7,9H,3-6H2,1-2H3. The van der Waals surface area contributed by atoms with Gasteiger partial charge in [0.2, 0.25) is 5.88 Å². The number of hydrogen-bond donors (Lipinski definition) is 0. The van der Waals surface area contributed by atoms with Crippen molar-refractivity contribution in [3.05, 3.63) is 17.6 Å². The van der Waals surface area contributed by atoms with E-state index in [1.54, 1.807) is 13.8 Å². The maximum Gasteiger partial charge on any atom is 0.357 e. The second kappa shape index (κ2) is 5.12. The third-order valence-electron chi connectivity index (χ3n) is 2.66. The van der Waals surface area contributed by atoms with Crippen LogP contribution in [-0.2, 0) is 4.74 Å². The Bertz CT molecular complexity index is 416. The molecule has 0 radical (unpaired) electrons. The zero-order chi connectivity index (χ0) is 12.3. The summed E-state index contributed by atoms with van der Waals surface area (Å²) >= 11 is 0. The second-order valence-electron chi connectivity index (χ2n) is 4.13. The van der Waals surface area contributed by atoms with Crippen LogP contribution in [-0.4, -0.2) is 29.2 Å². The van der Waals surface area contributed by atoms with Crippen LogP contribution < -0.4 is 4.74 Å². The summed E-state index contributed by atoms with van der Waals surface area (Å²) < 4.78 is 10.5. The maximum absolute atomic E-state index is 11.6. The van der Waals surface area contributed by atoms with Gasteiger partial charge in [0.15, 0.2) is 5.69 Å². The Labute approximate surface area is 100 Å². The van der Waals surface area contributed by atoms with Gasteiger partial charge in [-0.25, -0.2) is 14.8 Å². The lowest BCUT2D eigenvalue weighted by atomic mass is 10.2. The molecule has 1 aliphatic carbocycles. The second-order valence-corrected chi connectivity index (χ2v) is 4.13. The molecule has 0 unspecified atom stereocenters. The molecule has 1 saturated carbocycles. The van der Waals surface area contributed by atoms with Gasteiger partial charge >= 0.3 is 5.97 Å². The van der Waals surface area contributed by atoms with Crippen LogP contribution in [0.3, 0.4) is 0 Å². The first-order valence-electron chi connectivity index (χ1n) is 5.84. The van der Waals surface area contributed by atoms with Crippen molar-refractivity contribution in [1.82, 2.24) is 9.97 Å². The van der Waals surface area contributed by atoms with Crippen molar-refractivity contribution in [2.75, 3.05) is 13.2 Å². The molecule has 1 heterocycles. The number of ether oxygens (including phenoxy) is 2. The SMILES string of the molecule is CCOC(=O)c1ncnc(OCC2CC2)c1C. The monoisotopic (exact) mass is 236 g/mol. The zero-order valence-corrected chi connectivity index (χ0v) is 10.1. The van der Waals surface area contributed by atoms with Crippen molar-refractivity contribution in [2.24, 2.45) is 5.92 Å². The summed E-state index contributed by atoms with van der Waals surface area (Å²) in [6.45, 7) is 4.54. The van der Waals surface area contributed by atoms with Gasteiger partial charge < -0.3 is 9.47 Å². The van der Waals surface area contributed by atoms with Crippen LogP contribution in [0.1, 0.15) is 35.8 Å². The van der Waals surface area contributed by atoms with Gasteiger partial charge in [-0.15, -0.1) is 0 Å². The summed E-state index contributed by atoms with van der Waals surface area (Å²) in [7, 11) is 0. The van der Waals surface area contributed by atoms with Crippen molar-refractivity contribution < 1.29 is 14.3 Å². The third kappa shape index (κ3) is 2.93. The molecule has 17 heavy (non-hydrogen) atoms. The zero-order valence-electron chi connectivity index (χ0n) is 10.1. The summed E-state index contributed by atoms with van der Waals surface area (Å²) in [5, 5.41) is 0. The van der Waals surface area contributed by atoms with E-state index in [0.717, 1.165) is 0 Å². The lowest BCUT2D eigenvalue weighted by Gasteiger charge is -2.09. The molecule has 0 amide bonds. The first-order chi connectivity index (χ1) is 8.22. The molecule has 1 aromatic rings. The van der Waals surface area contributed by atoms with E-state index in [4.69, 9.17) is 9.47 Å². The predicted molar refractivity (Wildman–Crippen MR) is 60.9 cm³/mol. The van der Waals surface area contributed by atoms with Crippen LogP contribution in [0.2, 0.25) is 0 Å². The third-order valence-corrected chi connectivity index (χ3v) is 2.66. The molecular formula is C12H16N2O3. The Hall–Kier alpha value is -1.65. The molecule has 1 fully saturated rings. The first kappa shape index (κ1) is 11.8. The van der Waals surface area contributed by atoms with Gasteiger partial charge in [-0.2, -0.15) is 0 Å². The molecule has 0 saturated heterocycles. The van der Waals surface area contributed by atoms with Crippen LogP contribution in [0, 0.1) is 12.8 Å². The average molecular weight is 236 g/mol. The number of carbonyl (C=O) groups excluding carboxylic acids is 1. The number of nitrogens with zero attached hydrogens (tertiary/aromatic N) is 2. The number of hydrogen-bond acceptors (Lipinski definition) is 5. The summed E-state index contributed by atoms with van der Waals surface area (Å²) in [5.41, 5.74) is 0.930. The Morgan fingerprint density at radius 3 is 2.88 bits per heavy atom. The lowest BCUT2D eigenvalue weighted by molar-refractivity contribution is 0.0517. The molecule has 0 aromatic carbocycles. The fraction of sp³-hybridized carbons (Fsp3) is 0.583. The average Bonchev–Trinajstić information content (AvgIpc) is 3.12. The van der Waals surface area contributed by atoms with Gasteiger partial charge in [0.1, 0.15) is 6.33 Å². The Morgan fingerprint density at radius 2 is 2.24 bits per heavy atom. The van der Waals surface area contributed by atoms with Gasteiger partial charge in [-0.1, -0.05) is 0 Å². The van der Waals surface area contributed by atoms with Crippen molar-refractivity contribution in [2.45, 2.75) is 26.7 Å². The van der Waals surface area contributed by atoms with Gasteiger partial charge in [-0.3, -0.25) is 0 Å². The highest BCUT2D eigenvalue weighted by Crippen LogP contribution is 2.29. The van der Waals surface area contributed by atoms with Crippen molar-refractivity contribution in [3.63, 3.8) is 0 Å². The summed E-state index contributed by atoms with van der Waals surface area (Å²) in [4.78, 5) is 19.6. The first-order valence-corrected chi connectivity index (χ1v) is 5.84. The number of carbonyl (C=O) groups is 1. The molecule has 5 nitrogen and oxygen atoms in total. The number of rotatable bonds is 5. The smallest absolute Gasteiger partial charge is 0.357 e. The quantitative estimate of drug-likeness (QED) is 0.729. The highest BCUT2D eigenvalue weighted by atomic mass is 16.5. The van der Waals surface area contributed by atoms with E-state index < -0.39 is 5.97 Å². The molecule has 0 atom stereocenters. The topological polar surface area (TPSA) is 61.3 Å². The van der Waals surface area contributed by atoms with Crippen LogP contribution in [0.15, 0.2) is 6.33 Å². The van der Waals surface area contributed by atoms with E-state index in [-0.39, 0.29) is 5.69 Å². The Morgan fingerprint density at radius 1 is 1.47 bits per heavy atom. The maximum atomic E-state index is 11.6. The molecule has 92 valence electrons. The fourth-order valence-corrected chi connectivity index (χ4v) is 1.47. The van der Waals surface area contributed by atoms with Gasteiger partial charge in [-0.05, 0) is 32.6 Å². The van der Waals surface area contributed by atoms with Crippen LogP contribution in [0.5, 0.6) is 5.88 Å². The van der Waals surface area contributed by atoms with Crippen LogP contribution in [0.25, 0.3) is 0 Å². The van der Waals surface area contributed by atoms with E-state index >= 15 is 0 Å². The predicted octanol–water partition coefficient (Wildman–Crippen LogP) is 1.75. The summed E-state index contributed by atoms with van der Waals surface area (Å²) in [6, 6.07) is 0. The van der Waals surface area contributed by atoms with Crippen molar-refractivity contribution >= 4 is 5.97 Å². The molecule has 0 N–H and O–H groups in total. The van der Waals surface area contributed by atoms with E-state index in [1.807, 2.05) is 0 Å². The lowest BCUT2D eigenvalue weighted by Crippen LogP contribution is -2.12.